The lowest BCUT2D eigenvalue weighted by Crippen LogP contribution is -2.50. The zero-order valence-electron chi connectivity index (χ0n) is 11.5. The number of pyridine rings is 1. The van der Waals surface area contributed by atoms with Crippen molar-refractivity contribution in [2.75, 3.05) is 24.3 Å². The Morgan fingerprint density at radius 2 is 2.00 bits per heavy atom. The first-order valence-electron chi connectivity index (χ1n) is 6.26. The molecule has 1 aliphatic rings. The summed E-state index contributed by atoms with van der Waals surface area (Å²) in [6.07, 6.45) is -3.67. The van der Waals surface area contributed by atoms with Crippen LogP contribution in [0.3, 0.4) is 0 Å². The number of nitrogens with zero attached hydrogens (tertiary/aromatic N) is 2. The molecule has 2 rings (SSSR count). The smallest absolute Gasteiger partial charge is 0.397 e. The van der Waals surface area contributed by atoms with Gasteiger partial charge in [-0.3, -0.25) is 9.78 Å². The van der Waals surface area contributed by atoms with Gasteiger partial charge in [-0.15, -0.1) is 0 Å². The van der Waals surface area contributed by atoms with Crippen molar-refractivity contribution in [1.82, 2.24) is 9.88 Å². The minimum Gasteiger partial charge on any atom is -0.397 e. The van der Waals surface area contributed by atoms with Gasteiger partial charge in [0.1, 0.15) is 0 Å². The van der Waals surface area contributed by atoms with E-state index in [1.165, 1.54) is 6.07 Å². The van der Waals surface area contributed by atoms with Crippen LogP contribution in [0.15, 0.2) is 18.3 Å². The number of sulfone groups is 1. The monoisotopic (exact) mass is 337 g/mol. The van der Waals surface area contributed by atoms with E-state index in [2.05, 4.69) is 4.98 Å². The summed E-state index contributed by atoms with van der Waals surface area (Å²) in [6, 6.07) is 0.103. The number of amides is 1. The van der Waals surface area contributed by atoms with Gasteiger partial charge in [-0.05, 0) is 12.1 Å². The topological polar surface area (TPSA) is 93.4 Å². The average molecular weight is 337 g/mol. The molecule has 22 heavy (non-hydrogen) atoms. The van der Waals surface area contributed by atoms with E-state index in [0.29, 0.717) is 4.90 Å². The van der Waals surface area contributed by atoms with E-state index in [1.807, 2.05) is 0 Å². The third kappa shape index (κ3) is 3.32. The van der Waals surface area contributed by atoms with Crippen LogP contribution in [0.2, 0.25) is 0 Å². The average Bonchev–Trinajstić information content (AvgIpc) is 2.36. The fraction of sp³-hybridized carbons (Fsp3) is 0.500. The molecule has 1 aliphatic heterocycles. The van der Waals surface area contributed by atoms with Crippen molar-refractivity contribution >= 4 is 21.4 Å². The largest absolute Gasteiger partial charge is 0.414 e. The highest BCUT2D eigenvalue weighted by molar-refractivity contribution is 7.92. The van der Waals surface area contributed by atoms with Crippen LogP contribution < -0.4 is 5.73 Å². The molecule has 1 aromatic rings. The summed E-state index contributed by atoms with van der Waals surface area (Å²) in [7, 11) is -2.31. The summed E-state index contributed by atoms with van der Waals surface area (Å²) < 4.78 is 62.0. The minimum atomic E-state index is -4.74. The number of carbonyl (C=O) groups excluding carboxylic acids is 1. The van der Waals surface area contributed by atoms with Crippen LogP contribution in [0.1, 0.15) is 11.7 Å². The van der Waals surface area contributed by atoms with Gasteiger partial charge in [0.15, 0.2) is 15.9 Å². The van der Waals surface area contributed by atoms with Crippen LogP contribution in [-0.4, -0.2) is 48.9 Å². The highest BCUT2D eigenvalue weighted by atomic mass is 32.2. The van der Waals surface area contributed by atoms with E-state index < -0.39 is 45.4 Å². The second-order valence-corrected chi connectivity index (χ2v) is 7.34. The van der Waals surface area contributed by atoms with Crippen molar-refractivity contribution in [2.24, 2.45) is 5.92 Å². The number of aromatic nitrogens is 1. The van der Waals surface area contributed by atoms with Crippen molar-refractivity contribution < 1.29 is 26.4 Å². The second-order valence-electron chi connectivity index (χ2n) is 5.18. The lowest BCUT2D eigenvalue weighted by Gasteiger charge is -2.34. The van der Waals surface area contributed by atoms with Gasteiger partial charge in [-0.25, -0.2) is 8.42 Å². The molecule has 1 saturated heterocycles. The first-order valence-corrected chi connectivity index (χ1v) is 8.08. The lowest BCUT2D eigenvalue weighted by atomic mass is 10.1. The first kappa shape index (κ1) is 16.5. The van der Waals surface area contributed by atoms with Gasteiger partial charge in [0, 0.05) is 7.05 Å². The number of rotatable bonds is 3. The molecule has 10 heteroatoms. The van der Waals surface area contributed by atoms with Crippen LogP contribution in [0, 0.1) is 5.92 Å². The molecule has 0 radical (unpaired) electrons. The summed E-state index contributed by atoms with van der Waals surface area (Å²) >= 11 is 0. The van der Waals surface area contributed by atoms with E-state index in [0.717, 1.165) is 19.3 Å². The van der Waals surface area contributed by atoms with Gasteiger partial charge < -0.3 is 10.6 Å². The van der Waals surface area contributed by atoms with Crippen LogP contribution >= 0.6 is 0 Å². The normalized spacial score (nSPS) is 19.3. The zero-order chi connectivity index (χ0) is 16.7. The van der Waals surface area contributed by atoms with Gasteiger partial charge in [-0.2, -0.15) is 13.2 Å². The summed E-state index contributed by atoms with van der Waals surface area (Å²) in [5, 5.41) is 0. The third-order valence-corrected chi connectivity index (χ3v) is 5.21. The molecule has 1 aromatic heterocycles. The Bertz CT molecular complexity index is 661. The Morgan fingerprint density at radius 1 is 1.41 bits per heavy atom. The van der Waals surface area contributed by atoms with E-state index in [4.69, 9.17) is 5.73 Å². The molecule has 2 N–H and O–H groups in total. The van der Waals surface area contributed by atoms with Gasteiger partial charge >= 0.3 is 6.18 Å². The lowest BCUT2D eigenvalue weighted by molar-refractivity contribution is -0.191. The molecule has 0 unspecified atom stereocenters. The number of hydrogen-bond donors (Lipinski definition) is 1. The van der Waals surface area contributed by atoms with Gasteiger partial charge in [0.2, 0.25) is 5.91 Å². The Labute approximate surface area is 125 Å². The van der Waals surface area contributed by atoms with Crippen molar-refractivity contribution in [1.29, 1.82) is 0 Å². The maximum absolute atomic E-state index is 13.3. The standard InChI is InChI=1S/C12H14F3N3O3S/c1-18(11(19)7-5-22(20,21)6-7)10(12(13,14)15)9-3-2-8(16)4-17-9/h2-4,7,10H,5-6,16H2,1H3/t10-/m0/s1. The molecule has 1 fully saturated rings. The van der Waals surface area contributed by atoms with Crippen molar-refractivity contribution in [3.05, 3.63) is 24.0 Å². The third-order valence-electron chi connectivity index (χ3n) is 3.39. The van der Waals surface area contributed by atoms with E-state index >= 15 is 0 Å². The number of nitrogens with two attached hydrogens (primary N) is 1. The maximum atomic E-state index is 13.3. The summed E-state index contributed by atoms with van der Waals surface area (Å²) in [6.45, 7) is 0. The number of carbonyl (C=O) groups is 1. The molecule has 1 amide bonds. The number of anilines is 1. The van der Waals surface area contributed by atoms with Crippen LogP contribution in [-0.2, 0) is 14.6 Å². The Kier molecular flexibility index (Phi) is 4.07. The van der Waals surface area contributed by atoms with Crippen molar-refractivity contribution in [3.8, 4) is 0 Å². The van der Waals surface area contributed by atoms with Crippen LogP contribution in [0.25, 0.3) is 0 Å². The molecule has 0 saturated carbocycles. The Hall–Kier alpha value is -1.84. The van der Waals surface area contributed by atoms with Gasteiger partial charge in [0.25, 0.3) is 0 Å². The van der Waals surface area contributed by atoms with Crippen molar-refractivity contribution in [3.63, 3.8) is 0 Å². The number of hydrogen-bond acceptors (Lipinski definition) is 5. The number of halogens is 3. The molecule has 6 nitrogen and oxygen atoms in total. The SMILES string of the molecule is CN(C(=O)C1CS(=O)(=O)C1)[C@@H](c1ccc(N)cn1)C(F)(F)F. The Morgan fingerprint density at radius 3 is 2.41 bits per heavy atom. The van der Waals surface area contributed by atoms with Crippen LogP contribution in [0.5, 0.6) is 0 Å². The number of alkyl halides is 3. The van der Waals surface area contributed by atoms with E-state index in [-0.39, 0.29) is 11.4 Å². The van der Waals surface area contributed by atoms with Crippen LogP contribution in [0.4, 0.5) is 18.9 Å². The highest BCUT2D eigenvalue weighted by Crippen LogP contribution is 2.37. The quantitative estimate of drug-likeness (QED) is 0.879. The fourth-order valence-electron chi connectivity index (χ4n) is 2.29. The minimum absolute atomic E-state index is 0.198. The molecule has 1 atom stereocenters. The molecule has 0 bridgehead atoms. The Balaban J connectivity index is 2.26. The second kappa shape index (κ2) is 5.41. The van der Waals surface area contributed by atoms with Gasteiger partial charge in [-0.1, -0.05) is 0 Å². The fourth-order valence-corrected chi connectivity index (χ4v) is 3.70. The maximum Gasteiger partial charge on any atom is 0.414 e. The number of nitrogen functional groups attached to an aromatic ring is 1. The zero-order valence-corrected chi connectivity index (χ0v) is 12.4. The summed E-state index contributed by atoms with van der Waals surface area (Å²) in [5.74, 6) is -2.64. The van der Waals surface area contributed by atoms with E-state index in [9.17, 15) is 26.4 Å². The molecule has 0 aromatic carbocycles. The highest BCUT2D eigenvalue weighted by Gasteiger charge is 2.49. The molecule has 122 valence electrons. The summed E-state index contributed by atoms with van der Waals surface area (Å²) in [4.78, 5) is 16.2. The van der Waals surface area contributed by atoms with Crippen molar-refractivity contribution in [2.45, 2.75) is 12.2 Å². The molecule has 2 heterocycles. The first-order chi connectivity index (χ1) is 10.0. The van der Waals surface area contributed by atoms with E-state index in [1.54, 1.807) is 0 Å². The summed E-state index contributed by atoms with van der Waals surface area (Å²) in [5.41, 5.74) is 5.21. The predicted molar refractivity (Wildman–Crippen MR) is 72.4 cm³/mol. The van der Waals surface area contributed by atoms with Gasteiger partial charge in [0.05, 0.1) is 35.0 Å². The molecular formula is C12H14F3N3O3S. The molecule has 0 spiro atoms. The predicted octanol–water partition coefficient (Wildman–Crippen LogP) is 0.770. The molecule has 0 aliphatic carbocycles. The molecular weight excluding hydrogens is 323 g/mol.